The highest BCUT2D eigenvalue weighted by Crippen LogP contribution is 2.30. The molecular formula is C10H19F2NO. The van der Waals surface area contributed by atoms with Crippen molar-refractivity contribution in [3.8, 4) is 0 Å². The molecule has 1 rings (SSSR count). The Labute approximate surface area is 84.0 Å². The number of nitrogens with one attached hydrogen (secondary N) is 1. The molecule has 2 nitrogen and oxygen atoms in total. The molecule has 1 saturated carbocycles. The standard InChI is InChI=1S/C10H19F2NO/c1-13-6-8-4-2-3-5-9(8)7-14-10(11)12/h8-10,13H,2-7H2,1H3. The van der Waals surface area contributed by atoms with Crippen LogP contribution in [-0.4, -0.2) is 26.8 Å². The van der Waals surface area contributed by atoms with Gasteiger partial charge in [-0.3, -0.25) is 0 Å². The molecule has 84 valence electrons. The highest BCUT2D eigenvalue weighted by atomic mass is 19.3. The first-order valence-corrected chi connectivity index (χ1v) is 5.28. The Hall–Kier alpha value is -0.220. The summed E-state index contributed by atoms with van der Waals surface area (Å²) >= 11 is 0. The van der Waals surface area contributed by atoms with Crippen LogP contribution >= 0.6 is 0 Å². The molecule has 1 aliphatic carbocycles. The van der Waals surface area contributed by atoms with Crippen LogP contribution in [0.1, 0.15) is 25.7 Å². The van der Waals surface area contributed by atoms with Crippen LogP contribution in [0.2, 0.25) is 0 Å². The molecule has 0 amide bonds. The smallest absolute Gasteiger partial charge is 0.323 e. The van der Waals surface area contributed by atoms with Crippen molar-refractivity contribution in [3.63, 3.8) is 0 Å². The second-order valence-corrected chi connectivity index (χ2v) is 3.96. The monoisotopic (exact) mass is 207 g/mol. The second-order valence-electron chi connectivity index (χ2n) is 3.96. The topological polar surface area (TPSA) is 21.3 Å². The molecule has 14 heavy (non-hydrogen) atoms. The highest BCUT2D eigenvalue weighted by Gasteiger charge is 2.25. The zero-order valence-corrected chi connectivity index (χ0v) is 8.64. The zero-order valence-electron chi connectivity index (χ0n) is 8.64. The van der Waals surface area contributed by atoms with Crippen molar-refractivity contribution < 1.29 is 13.5 Å². The van der Waals surface area contributed by atoms with Gasteiger partial charge in [-0.25, -0.2) is 0 Å². The fourth-order valence-corrected chi connectivity index (χ4v) is 2.23. The van der Waals surface area contributed by atoms with Gasteiger partial charge in [0.2, 0.25) is 0 Å². The van der Waals surface area contributed by atoms with E-state index < -0.39 is 6.61 Å². The maximum Gasteiger partial charge on any atom is 0.345 e. The van der Waals surface area contributed by atoms with Crippen LogP contribution in [0.3, 0.4) is 0 Å². The van der Waals surface area contributed by atoms with E-state index in [9.17, 15) is 8.78 Å². The normalized spacial score (nSPS) is 28.3. The average Bonchev–Trinajstić information content (AvgIpc) is 2.17. The van der Waals surface area contributed by atoms with Crippen molar-refractivity contribution in [2.24, 2.45) is 11.8 Å². The van der Waals surface area contributed by atoms with Gasteiger partial charge >= 0.3 is 6.61 Å². The zero-order chi connectivity index (χ0) is 10.4. The Bertz CT molecular complexity index is 153. The minimum Gasteiger partial charge on any atom is -0.323 e. The third-order valence-corrected chi connectivity index (χ3v) is 2.97. The van der Waals surface area contributed by atoms with Gasteiger partial charge in [-0.2, -0.15) is 8.78 Å². The first-order valence-electron chi connectivity index (χ1n) is 5.28. The molecule has 0 bridgehead atoms. The Kier molecular flexibility index (Phi) is 5.33. The maximum absolute atomic E-state index is 11.9. The molecular weight excluding hydrogens is 188 g/mol. The molecule has 1 N–H and O–H groups in total. The summed E-state index contributed by atoms with van der Waals surface area (Å²) < 4.78 is 28.1. The Balaban J connectivity index is 2.30. The van der Waals surface area contributed by atoms with Crippen LogP contribution in [0.5, 0.6) is 0 Å². The van der Waals surface area contributed by atoms with Crippen molar-refractivity contribution in [1.29, 1.82) is 0 Å². The summed E-state index contributed by atoms with van der Waals surface area (Å²) in [6.45, 7) is -1.49. The van der Waals surface area contributed by atoms with Crippen LogP contribution in [0.4, 0.5) is 8.78 Å². The third-order valence-electron chi connectivity index (χ3n) is 2.97. The summed E-state index contributed by atoms with van der Waals surface area (Å²) in [5, 5.41) is 3.11. The molecule has 0 aromatic rings. The Morgan fingerprint density at radius 3 is 2.50 bits per heavy atom. The molecule has 0 spiro atoms. The highest BCUT2D eigenvalue weighted by molar-refractivity contribution is 4.76. The van der Waals surface area contributed by atoms with Gasteiger partial charge in [0.05, 0.1) is 6.61 Å². The number of rotatable bonds is 5. The molecule has 0 aromatic heterocycles. The minimum absolute atomic E-state index is 0.212. The summed E-state index contributed by atoms with van der Waals surface area (Å²) in [6, 6.07) is 0. The SMILES string of the molecule is CNCC1CCCCC1COC(F)F. The first-order chi connectivity index (χ1) is 6.74. The number of alkyl halides is 2. The van der Waals surface area contributed by atoms with Gasteiger partial charge in [-0.05, 0) is 38.3 Å². The number of hydrogen-bond donors (Lipinski definition) is 1. The molecule has 0 aliphatic heterocycles. The van der Waals surface area contributed by atoms with E-state index in [1.54, 1.807) is 0 Å². The third kappa shape index (κ3) is 3.88. The van der Waals surface area contributed by atoms with Crippen LogP contribution < -0.4 is 5.32 Å². The summed E-state index contributed by atoms with van der Waals surface area (Å²) in [4.78, 5) is 0. The van der Waals surface area contributed by atoms with E-state index in [4.69, 9.17) is 0 Å². The van der Waals surface area contributed by atoms with Gasteiger partial charge in [-0.1, -0.05) is 12.8 Å². The van der Waals surface area contributed by atoms with Crippen LogP contribution in [-0.2, 0) is 4.74 Å². The van der Waals surface area contributed by atoms with Gasteiger partial charge in [-0.15, -0.1) is 0 Å². The van der Waals surface area contributed by atoms with Gasteiger partial charge < -0.3 is 10.1 Å². The van der Waals surface area contributed by atoms with Gasteiger partial charge in [0.1, 0.15) is 0 Å². The molecule has 2 unspecified atom stereocenters. The first kappa shape index (κ1) is 11.9. The van der Waals surface area contributed by atoms with E-state index in [0.29, 0.717) is 11.8 Å². The van der Waals surface area contributed by atoms with Crippen LogP contribution in [0.25, 0.3) is 0 Å². The summed E-state index contributed by atoms with van der Waals surface area (Å²) in [5.74, 6) is 0.817. The van der Waals surface area contributed by atoms with Gasteiger partial charge in [0.15, 0.2) is 0 Å². The minimum atomic E-state index is -2.62. The lowest BCUT2D eigenvalue weighted by molar-refractivity contribution is -0.144. The summed E-state index contributed by atoms with van der Waals surface area (Å²) in [7, 11) is 1.90. The predicted molar refractivity (Wildman–Crippen MR) is 51.3 cm³/mol. The van der Waals surface area contributed by atoms with E-state index in [2.05, 4.69) is 10.1 Å². The molecule has 2 atom stereocenters. The maximum atomic E-state index is 11.9. The molecule has 0 saturated heterocycles. The van der Waals surface area contributed by atoms with Crippen molar-refractivity contribution in [1.82, 2.24) is 5.32 Å². The lowest BCUT2D eigenvalue weighted by Crippen LogP contribution is -2.31. The number of hydrogen-bond acceptors (Lipinski definition) is 2. The van der Waals surface area contributed by atoms with E-state index in [0.717, 1.165) is 25.8 Å². The fourth-order valence-electron chi connectivity index (χ4n) is 2.23. The van der Waals surface area contributed by atoms with Gasteiger partial charge in [0, 0.05) is 0 Å². The van der Waals surface area contributed by atoms with E-state index in [-0.39, 0.29) is 6.61 Å². The van der Waals surface area contributed by atoms with Crippen molar-refractivity contribution in [2.75, 3.05) is 20.2 Å². The van der Waals surface area contributed by atoms with E-state index in [1.165, 1.54) is 6.42 Å². The Morgan fingerprint density at radius 2 is 1.93 bits per heavy atom. The lowest BCUT2D eigenvalue weighted by atomic mass is 9.79. The molecule has 0 aromatic carbocycles. The molecule has 4 heteroatoms. The predicted octanol–water partition coefficient (Wildman–Crippen LogP) is 2.25. The quantitative estimate of drug-likeness (QED) is 0.746. The Morgan fingerprint density at radius 1 is 1.29 bits per heavy atom. The van der Waals surface area contributed by atoms with E-state index >= 15 is 0 Å². The molecule has 1 fully saturated rings. The second kappa shape index (κ2) is 6.30. The number of ether oxygens (including phenoxy) is 1. The molecule has 0 heterocycles. The van der Waals surface area contributed by atoms with Crippen molar-refractivity contribution >= 4 is 0 Å². The van der Waals surface area contributed by atoms with Crippen LogP contribution in [0, 0.1) is 11.8 Å². The largest absolute Gasteiger partial charge is 0.345 e. The van der Waals surface area contributed by atoms with Crippen molar-refractivity contribution in [3.05, 3.63) is 0 Å². The molecule has 1 aliphatic rings. The van der Waals surface area contributed by atoms with E-state index in [1.807, 2.05) is 7.05 Å². The van der Waals surface area contributed by atoms with Gasteiger partial charge in [0.25, 0.3) is 0 Å². The lowest BCUT2D eigenvalue weighted by Gasteiger charge is -2.31. The van der Waals surface area contributed by atoms with Crippen molar-refractivity contribution in [2.45, 2.75) is 32.3 Å². The average molecular weight is 207 g/mol. The summed E-state index contributed by atoms with van der Waals surface area (Å²) in [6.07, 6.45) is 4.53. The fraction of sp³-hybridized carbons (Fsp3) is 1.00. The summed E-state index contributed by atoms with van der Waals surface area (Å²) in [5.41, 5.74) is 0. The molecule has 0 radical (unpaired) electrons. The number of halogens is 2. The van der Waals surface area contributed by atoms with Crippen LogP contribution in [0.15, 0.2) is 0 Å².